The molecule has 0 bridgehead atoms. The van der Waals surface area contributed by atoms with Crippen molar-refractivity contribution in [3.63, 3.8) is 0 Å². The number of imide groups is 1. The van der Waals surface area contributed by atoms with Crippen LogP contribution in [0.25, 0.3) is 0 Å². The highest BCUT2D eigenvalue weighted by Crippen LogP contribution is 2.41. The quantitative estimate of drug-likeness (QED) is 0.571. The number of likely N-dealkylation sites (N-methyl/N-ethyl adjacent to an activating group) is 1. The van der Waals surface area contributed by atoms with Crippen molar-refractivity contribution < 1.29 is 28.2 Å². The molecule has 8 heteroatoms. The lowest BCUT2D eigenvalue weighted by atomic mass is 9.75. The van der Waals surface area contributed by atoms with E-state index < -0.39 is 23.0 Å². The van der Waals surface area contributed by atoms with Crippen molar-refractivity contribution in [1.82, 2.24) is 9.80 Å². The molecule has 0 aromatic heterocycles. The van der Waals surface area contributed by atoms with Crippen LogP contribution in [0.1, 0.15) is 38.2 Å². The Kier molecular flexibility index (Phi) is 7.20. The molecular formula is C22H29FN2O5. The molecule has 0 radical (unpaired) electrons. The van der Waals surface area contributed by atoms with Crippen molar-refractivity contribution in [3.05, 3.63) is 35.6 Å². The Labute approximate surface area is 176 Å². The van der Waals surface area contributed by atoms with E-state index in [0.717, 1.165) is 17.7 Å². The lowest BCUT2D eigenvalue weighted by Crippen LogP contribution is -2.45. The topological polar surface area (TPSA) is 76.2 Å². The number of ether oxygens (including phenoxy) is 2. The van der Waals surface area contributed by atoms with Crippen LogP contribution in [0.5, 0.6) is 0 Å². The fourth-order valence-corrected chi connectivity index (χ4v) is 4.31. The van der Waals surface area contributed by atoms with Gasteiger partial charge >= 0.3 is 0 Å². The minimum atomic E-state index is -1.54. The van der Waals surface area contributed by atoms with Crippen LogP contribution < -0.4 is 0 Å². The Hall–Kier alpha value is -2.32. The van der Waals surface area contributed by atoms with Crippen LogP contribution in [0.4, 0.5) is 4.39 Å². The molecule has 1 aromatic rings. The van der Waals surface area contributed by atoms with Gasteiger partial charge in [0.25, 0.3) is 0 Å². The van der Waals surface area contributed by atoms with E-state index in [9.17, 15) is 18.8 Å². The van der Waals surface area contributed by atoms with Gasteiger partial charge in [0.1, 0.15) is 5.82 Å². The Bertz CT molecular complexity index is 795. The Morgan fingerprint density at radius 1 is 1.37 bits per heavy atom. The Balaban J connectivity index is 1.90. The van der Waals surface area contributed by atoms with Gasteiger partial charge in [-0.25, -0.2) is 4.39 Å². The number of hydrogen-bond donors (Lipinski definition) is 0. The van der Waals surface area contributed by atoms with Gasteiger partial charge < -0.3 is 14.4 Å². The summed E-state index contributed by atoms with van der Waals surface area (Å²) in [5.41, 5.74) is -1.46. The van der Waals surface area contributed by atoms with E-state index in [-0.39, 0.29) is 43.6 Å². The molecular weight excluding hydrogens is 391 g/mol. The third-order valence-corrected chi connectivity index (χ3v) is 5.95. The van der Waals surface area contributed by atoms with Gasteiger partial charge in [-0.3, -0.25) is 19.3 Å². The highest BCUT2D eigenvalue weighted by atomic mass is 19.1. The maximum Gasteiger partial charge on any atom is 0.241 e. The van der Waals surface area contributed by atoms with E-state index in [4.69, 9.17) is 9.47 Å². The van der Waals surface area contributed by atoms with Crippen LogP contribution in [0.15, 0.2) is 24.3 Å². The minimum Gasteiger partial charge on any atom is -0.383 e. The molecule has 0 unspecified atom stereocenters. The SMILES string of the molecule is CCN(C[C@H]1CCCO1)C(=O)C[C@]1(c2ccccc2F)CC(=O)N(CCOC)C1=O. The van der Waals surface area contributed by atoms with Gasteiger partial charge in [0.15, 0.2) is 0 Å². The van der Waals surface area contributed by atoms with E-state index in [1.54, 1.807) is 11.0 Å². The van der Waals surface area contributed by atoms with E-state index >= 15 is 0 Å². The van der Waals surface area contributed by atoms with Crippen molar-refractivity contribution in [2.45, 2.75) is 44.1 Å². The molecule has 164 valence electrons. The Morgan fingerprint density at radius 2 is 2.13 bits per heavy atom. The predicted molar refractivity (Wildman–Crippen MR) is 107 cm³/mol. The van der Waals surface area contributed by atoms with E-state index in [0.29, 0.717) is 19.7 Å². The molecule has 2 atom stereocenters. The molecule has 3 rings (SSSR count). The van der Waals surface area contributed by atoms with Gasteiger partial charge in [0, 0.05) is 45.2 Å². The van der Waals surface area contributed by atoms with Crippen LogP contribution in [0.2, 0.25) is 0 Å². The van der Waals surface area contributed by atoms with Gasteiger partial charge in [-0.15, -0.1) is 0 Å². The molecule has 2 aliphatic heterocycles. The standard InChI is InChI=1S/C22H29FN2O5/c1-3-24(15-16-7-6-11-30-16)19(26)13-22(17-8-4-5-9-18(17)23)14-20(27)25(21(22)28)10-12-29-2/h4-5,8-9,16H,3,6-7,10-15H2,1-2H3/t16-,22-/m1/s1. The number of likely N-dealkylation sites (tertiary alicyclic amines) is 1. The monoisotopic (exact) mass is 420 g/mol. The van der Waals surface area contributed by atoms with E-state index in [1.165, 1.54) is 25.3 Å². The van der Waals surface area contributed by atoms with Gasteiger partial charge in [-0.05, 0) is 25.8 Å². The first-order chi connectivity index (χ1) is 14.4. The molecule has 0 saturated carbocycles. The van der Waals surface area contributed by atoms with Crippen molar-refractivity contribution in [3.8, 4) is 0 Å². The summed E-state index contributed by atoms with van der Waals surface area (Å²) < 4.78 is 25.4. The number of carbonyl (C=O) groups is 3. The van der Waals surface area contributed by atoms with Crippen molar-refractivity contribution >= 4 is 17.7 Å². The second-order valence-corrected chi connectivity index (χ2v) is 7.83. The largest absolute Gasteiger partial charge is 0.383 e. The number of amides is 3. The van der Waals surface area contributed by atoms with E-state index in [2.05, 4.69) is 0 Å². The maximum absolute atomic E-state index is 14.8. The summed E-state index contributed by atoms with van der Waals surface area (Å²) in [6, 6.07) is 5.88. The number of methoxy groups -OCH3 is 1. The first kappa shape index (κ1) is 22.4. The zero-order valence-electron chi connectivity index (χ0n) is 17.6. The second-order valence-electron chi connectivity index (χ2n) is 7.83. The van der Waals surface area contributed by atoms with Gasteiger partial charge in [-0.2, -0.15) is 0 Å². The lowest BCUT2D eigenvalue weighted by Gasteiger charge is -2.31. The van der Waals surface area contributed by atoms with Gasteiger partial charge in [-0.1, -0.05) is 18.2 Å². The third-order valence-electron chi connectivity index (χ3n) is 5.95. The lowest BCUT2D eigenvalue weighted by molar-refractivity contribution is -0.143. The zero-order valence-corrected chi connectivity index (χ0v) is 17.6. The summed E-state index contributed by atoms with van der Waals surface area (Å²) in [6.07, 6.45) is 1.31. The molecule has 0 aliphatic carbocycles. The summed E-state index contributed by atoms with van der Waals surface area (Å²) in [7, 11) is 1.48. The van der Waals surface area contributed by atoms with Crippen LogP contribution in [0.3, 0.4) is 0 Å². The first-order valence-corrected chi connectivity index (χ1v) is 10.4. The number of benzene rings is 1. The molecule has 3 amide bonds. The molecule has 0 spiro atoms. The molecule has 7 nitrogen and oxygen atoms in total. The molecule has 2 aliphatic rings. The van der Waals surface area contributed by atoms with Crippen molar-refractivity contribution in [2.75, 3.05) is 40.0 Å². The maximum atomic E-state index is 14.8. The number of hydrogen-bond acceptors (Lipinski definition) is 5. The molecule has 1 aromatic carbocycles. The highest BCUT2D eigenvalue weighted by Gasteiger charge is 2.55. The van der Waals surface area contributed by atoms with Gasteiger partial charge in [0.05, 0.1) is 24.7 Å². The summed E-state index contributed by atoms with van der Waals surface area (Å²) in [5.74, 6) is -1.85. The molecule has 2 heterocycles. The Morgan fingerprint density at radius 3 is 2.77 bits per heavy atom. The number of halogens is 1. The molecule has 2 saturated heterocycles. The second kappa shape index (κ2) is 9.66. The van der Waals surface area contributed by atoms with Crippen LogP contribution >= 0.6 is 0 Å². The van der Waals surface area contributed by atoms with Crippen molar-refractivity contribution in [1.29, 1.82) is 0 Å². The highest BCUT2D eigenvalue weighted by molar-refractivity contribution is 6.10. The smallest absolute Gasteiger partial charge is 0.241 e. The zero-order chi connectivity index (χ0) is 21.7. The summed E-state index contributed by atoms with van der Waals surface area (Å²) in [5, 5.41) is 0. The van der Waals surface area contributed by atoms with Crippen LogP contribution in [-0.4, -0.2) is 73.6 Å². The van der Waals surface area contributed by atoms with E-state index in [1.807, 2.05) is 6.92 Å². The average Bonchev–Trinajstić information content (AvgIpc) is 3.32. The molecule has 30 heavy (non-hydrogen) atoms. The number of nitrogens with zero attached hydrogens (tertiary/aromatic N) is 2. The summed E-state index contributed by atoms with van der Waals surface area (Å²) in [4.78, 5) is 42.0. The van der Waals surface area contributed by atoms with Crippen molar-refractivity contribution in [2.24, 2.45) is 0 Å². The summed E-state index contributed by atoms with van der Waals surface area (Å²) in [6.45, 7) is 3.66. The third kappa shape index (κ3) is 4.39. The fourth-order valence-electron chi connectivity index (χ4n) is 4.31. The van der Waals surface area contributed by atoms with Gasteiger partial charge in [0.2, 0.25) is 17.7 Å². The predicted octanol–water partition coefficient (Wildman–Crippen LogP) is 1.89. The summed E-state index contributed by atoms with van der Waals surface area (Å²) >= 11 is 0. The number of carbonyl (C=O) groups excluding carboxylic acids is 3. The van der Waals surface area contributed by atoms with Crippen LogP contribution in [0, 0.1) is 5.82 Å². The average molecular weight is 420 g/mol. The molecule has 2 fully saturated rings. The fraction of sp³-hybridized carbons (Fsp3) is 0.591. The number of rotatable bonds is 9. The molecule has 0 N–H and O–H groups in total. The minimum absolute atomic E-state index is 0.0302. The normalized spacial score (nSPS) is 24.0. The van der Waals surface area contributed by atoms with Crippen LogP contribution in [-0.2, 0) is 29.3 Å². The first-order valence-electron chi connectivity index (χ1n) is 10.4.